The summed E-state index contributed by atoms with van der Waals surface area (Å²) in [6.45, 7) is 1.68. The fourth-order valence-electron chi connectivity index (χ4n) is 2.61. The molecule has 0 bridgehead atoms. The van der Waals surface area contributed by atoms with Crippen molar-refractivity contribution in [3.05, 3.63) is 54.0 Å². The number of nitrogens with zero attached hydrogens (tertiary/aromatic N) is 1. The van der Waals surface area contributed by atoms with E-state index in [1.165, 1.54) is 12.3 Å². The SMILES string of the molecule is C[C@@H]1Cc2ccccc2N1C(=O)COC(=O)c1ccco1. The highest BCUT2D eigenvalue weighted by atomic mass is 16.5. The van der Waals surface area contributed by atoms with Gasteiger partial charge in [-0.15, -0.1) is 0 Å². The second-order valence-electron chi connectivity index (χ2n) is 5.00. The molecule has 0 fully saturated rings. The van der Waals surface area contributed by atoms with Crippen LogP contribution in [0.1, 0.15) is 23.0 Å². The number of hydrogen-bond donors (Lipinski definition) is 0. The summed E-state index contributed by atoms with van der Waals surface area (Å²) in [5.74, 6) is -0.765. The molecule has 1 atom stereocenters. The molecule has 2 aromatic rings. The van der Waals surface area contributed by atoms with Crippen LogP contribution in [-0.4, -0.2) is 24.5 Å². The third kappa shape index (κ3) is 2.54. The van der Waals surface area contributed by atoms with Gasteiger partial charge >= 0.3 is 5.97 Å². The van der Waals surface area contributed by atoms with Gasteiger partial charge in [-0.05, 0) is 37.1 Å². The number of hydrogen-bond acceptors (Lipinski definition) is 4. The Morgan fingerprint density at radius 1 is 1.29 bits per heavy atom. The monoisotopic (exact) mass is 285 g/mol. The summed E-state index contributed by atoms with van der Waals surface area (Å²) in [4.78, 5) is 25.7. The van der Waals surface area contributed by atoms with Crippen molar-refractivity contribution in [1.82, 2.24) is 0 Å². The molecule has 2 heterocycles. The molecule has 1 aromatic carbocycles. The van der Waals surface area contributed by atoms with Gasteiger partial charge in [0.05, 0.1) is 6.26 Å². The molecule has 3 rings (SSSR count). The van der Waals surface area contributed by atoms with Crippen molar-refractivity contribution in [2.24, 2.45) is 0 Å². The number of anilines is 1. The molecule has 0 N–H and O–H groups in total. The average Bonchev–Trinajstić information content (AvgIpc) is 3.10. The molecular formula is C16H15NO4. The largest absolute Gasteiger partial charge is 0.457 e. The molecule has 0 aliphatic carbocycles. The number of carbonyl (C=O) groups is 2. The van der Waals surface area contributed by atoms with Crippen LogP contribution in [0, 0.1) is 0 Å². The lowest BCUT2D eigenvalue weighted by Crippen LogP contribution is -2.38. The van der Waals surface area contributed by atoms with Gasteiger partial charge in [0.25, 0.3) is 5.91 Å². The van der Waals surface area contributed by atoms with E-state index < -0.39 is 5.97 Å². The Balaban J connectivity index is 1.67. The Kier molecular flexibility index (Phi) is 3.48. The number of carbonyl (C=O) groups excluding carboxylic acids is 2. The summed E-state index contributed by atoms with van der Waals surface area (Å²) >= 11 is 0. The van der Waals surface area contributed by atoms with Crippen LogP contribution < -0.4 is 4.90 Å². The van der Waals surface area contributed by atoms with Gasteiger partial charge < -0.3 is 14.1 Å². The van der Waals surface area contributed by atoms with E-state index in [2.05, 4.69) is 0 Å². The van der Waals surface area contributed by atoms with Crippen LogP contribution in [0.3, 0.4) is 0 Å². The van der Waals surface area contributed by atoms with Crippen LogP contribution in [0.4, 0.5) is 5.69 Å². The van der Waals surface area contributed by atoms with E-state index in [0.29, 0.717) is 0 Å². The smallest absolute Gasteiger partial charge is 0.374 e. The van der Waals surface area contributed by atoms with Gasteiger partial charge in [0.1, 0.15) is 0 Å². The zero-order valence-electron chi connectivity index (χ0n) is 11.6. The normalized spacial score (nSPS) is 16.6. The first kappa shape index (κ1) is 13.4. The van der Waals surface area contributed by atoms with Crippen molar-refractivity contribution in [2.45, 2.75) is 19.4 Å². The first-order valence-electron chi connectivity index (χ1n) is 6.77. The summed E-state index contributed by atoms with van der Waals surface area (Å²) in [6, 6.07) is 10.9. The minimum atomic E-state index is -0.631. The molecule has 1 amide bonds. The maximum atomic E-state index is 12.3. The standard InChI is InChI=1S/C16H15NO4/c1-11-9-12-5-2-3-6-13(12)17(11)15(18)10-21-16(19)14-7-4-8-20-14/h2-8,11H,9-10H2,1H3/t11-/m1/s1. The van der Waals surface area contributed by atoms with Gasteiger partial charge in [-0.3, -0.25) is 4.79 Å². The zero-order valence-corrected chi connectivity index (χ0v) is 11.6. The average molecular weight is 285 g/mol. The van der Waals surface area contributed by atoms with Gasteiger partial charge in [0.2, 0.25) is 5.76 Å². The zero-order chi connectivity index (χ0) is 14.8. The number of amides is 1. The quantitative estimate of drug-likeness (QED) is 0.813. The van der Waals surface area contributed by atoms with Gasteiger partial charge in [-0.25, -0.2) is 4.79 Å². The van der Waals surface area contributed by atoms with Crippen molar-refractivity contribution >= 4 is 17.6 Å². The summed E-state index contributed by atoms with van der Waals surface area (Å²) in [5, 5.41) is 0. The fourth-order valence-corrected chi connectivity index (χ4v) is 2.61. The number of esters is 1. The van der Waals surface area contributed by atoms with Crippen LogP contribution in [0.5, 0.6) is 0 Å². The number of fused-ring (bicyclic) bond motifs is 1. The third-order valence-electron chi connectivity index (χ3n) is 3.53. The Hall–Kier alpha value is -2.56. The minimum Gasteiger partial charge on any atom is -0.457 e. The van der Waals surface area contributed by atoms with Gasteiger partial charge in [-0.1, -0.05) is 18.2 Å². The van der Waals surface area contributed by atoms with E-state index in [9.17, 15) is 9.59 Å². The molecule has 0 unspecified atom stereocenters. The Morgan fingerprint density at radius 3 is 2.86 bits per heavy atom. The molecule has 0 radical (unpaired) electrons. The van der Waals surface area contributed by atoms with Gasteiger partial charge in [-0.2, -0.15) is 0 Å². The Morgan fingerprint density at radius 2 is 2.10 bits per heavy atom. The first-order chi connectivity index (χ1) is 10.2. The van der Waals surface area contributed by atoms with Crippen LogP contribution in [-0.2, 0) is 16.0 Å². The highest BCUT2D eigenvalue weighted by molar-refractivity contribution is 5.98. The molecule has 5 heteroatoms. The molecule has 1 aliphatic rings. The maximum absolute atomic E-state index is 12.3. The number of furan rings is 1. The molecule has 1 aliphatic heterocycles. The van der Waals surface area contributed by atoms with Crippen molar-refractivity contribution < 1.29 is 18.7 Å². The molecule has 1 aromatic heterocycles. The number of benzene rings is 1. The van der Waals surface area contributed by atoms with Crippen molar-refractivity contribution in [3.8, 4) is 0 Å². The van der Waals surface area contributed by atoms with Crippen molar-refractivity contribution in [2.75, 3.05) is 11.5 Å². The summed E-state index contributed by atoms with van der Waals surface area (Å²) in [7, 11) is 0. The van der Waals surface area contributed by atoms with Crippen LogP contribution in [0.25, 0.3) is 0 Å². The van der Waals surface area contributed by atoms with Gasteiger partial charge in [0, 0.05) is 11.7 Å². The predicted octanol–water partition coefficient (Wildman–Crippen LogP) is 2.41. The number of para-hydroxylation sites is 1. The number of ether oxygens (including phenoxy) is 1. The van der Waals surface area contributed by atoms with Crippen LogP contribution in [0.2, 0.25) is 0 Å². The molecule has 0 saturated carbocycles. The predicted molar refractivity (Wildman–Crippen MR) is 76.1 cm³/mol. The molecular weight excluding hydrogens is 270 g/mol. The molecule has 5 nitrogen and oxygen atoms in total. The van der Waals surface area contributed by atoms with E-state index in [1.807, 2.05) is 31.2 Å². The third-order valence-corrected chi connectivity index (χ3v) is 3.53. The Bertz CT molecular complexity index is 663. The highest BCUT2D eigenvalue weighted by Crippen LogP contribution is 2.31. The van der Waals surface area contributed by atoms with E-state index in [-0.39, 0.29) is 24.3 Å². The summed E-state index contributed by atoms with van der Waals surface area (Å²) in [5.41, 5.74) is 2.03. The fraction of sp³-hybridized carbons (Fsp3) is 0.250. The van der Waals surface area contributed by atoms with Crippen molar-refractivity contribution in [1.29, 1.82) is 0 Å². The summed E-state index contributed by atoms with van der Waals surface area (Å²) in [6.07, 6.45) is 2.20. The summed E-state index contributed by atoms with van der Waals surface area (Å²) < 4.78 is 9.93. The lowest BCUT2D eigenvalue weighted by atomic mass is 10.1. The topological polar surface area (TPSA) is 59.8 Å². The molecule has 21 heavy (non-hydrogen) atoms. The molecule has 0 saturated heterocycles. The van der Waals surface area contributed by atoms with E-state index >= 15 is 0 Å². The minimum absolute atomic E-state index is 0.0669. The molecule has 0 spiro atoms. The highest BCUT2D eigenvalue weighted by Gasteiger charge is 2.31. The lowest BCUT2D eigenvalue weighted by Gasteiger charge is -2.22. The number of rotatable bonds is 3. The lowest BCUT2D eigenvalue weighted by molar-refractivity contribution is -0.122. The maximum Gasteiger partial charge on any atom is 0.374 e. The van der Waals surface area contributed by atoms with E-state index in [4.69, 9.17) is 9.15 Å². The van der Waals surface area contributed by atoms with Gasteiger partial charge in [0.15, 0.2) is 6.61 Å². The van der Waals surface area contributed by atoms with E-state index in [1.54, 1.807) is 11.0 Å². The van der Waals surface area contributed by atoms with Crippen molar-refractivity contribution in [3.63, 3.8) is 0 Å². The van der Waals surface area contributed by atoms with Crippen LogP contribution >= 0.6 is 0 Å². The second kappa shape index (κ2) is 5.44. The molecule has 108 valence electrons. The second-order valence-corrected chi connectivity index (χ2v) is 5.00. The van der Waals surface area contributed by atoms with E-state index in [0.717, 1.165) is 17.7 Å². The Labute approximate surface area is 122 Å². The first-order valence-corrected chi connectivity index (χ1v) is 6.77. The van der Waals surface area contributed by atoms with Crippen LogP contribution in [0.15, 0.2) is 47.1 Å².